The van der Waals surface area contributed by atoms with Gasteiger partial charge in [-0.25, -0.2) is 0 Å². The molecule has 16 heavy (non-hydrogen) atoms. The fourth-order valence-corrected chi connectivity index (χ4v) is 1.19. The minimum Gasteiger partial charge on any atom is -0.349 e. The average molecular weight is 222 g/mol. The molecule has 0 saturated carbocycles. The molecular weight excluding hydrogens is 204 g/mol. The lowest BCUT2D eigenvalue weighted by Crippen LogP contribution is -2.36. The number of amides is 1. The molecule has 1 aromatic rings. The van der Waals surface area contributed by atoms with Crippen molar-refractivity contribution in [2.45, 2.75) is 26.8 Å². The predicted molar refractivity (Wildman–Crippen MR) is 63.4 cm³/mol. The van der Waals surface area contributed by atoms with Gasteiger partial charge in [0.15, 0.2) is 0 Å². The van der Waals surface area contributed by atoms with Crippen molar-refractivity contribution in [2.75, 3.05) is 0 Å². The largest absolute Gasteiger partial charge is 0.349 e. The number of rotatable bonds is 3. The topological polar surface area (TPSA) is 51.1 Å². The molecular formula is C12H18N2O2. The number of aromatic nitrogens is 1. The smallest absolute Gasteiger partial charge is 0.252 e. The monoisotopic (exact) mass is 222 g/mol. The summed E-state index contributed by atoms with van der Waals surface area (Å²) in [6.45, 7) is 6.06. The lowest BCUT2D eigenvalue weighted by molar-refractivity contribution is 0.0929. The fourth-order valence-electron chi connectivity index (χ4n) is 1.19. The van der Waals surface area contributed by atoms with E-state index in [1.807, 2.05) is 20.8 Å². The molecule has 0 radical (unpaired) electrons. The molecule has 1 N–H and O–H groups in total. The van der Waals surface area contributed by atoms with Crippen molar-refractivity contribution in [1.29, 1.82) is 0 Å². The van der Waals surface area contributed by atoms with Crippen molar-refractivity contribution in [3.63, 3.8) is 0 Å². The molecule has 0 spiro atoms. The maximum Gasteiger partial charge on any atom is 0.252 e. The highest BCUT2D eigenvalue weighted by Crippen LogP contribution is 2.02. The van der Waals surface area contributed by atoms with E-state index in [4.69, 9.17) is 0 Å². The van der Waals surface area contributed by atoms with Crippen LogP contribution in [0.3, 0.4) is 0 Å². The number of hydrogen-bond acceptors (Lipinski definition) is 2. The first-order valence-corrected chi connectivity index (χ1v) is 5.39. The minimum absolute atomic E-state index is 0.115. The molecule has 4 nitrogen and oxygen atoms in total. The van der Waals surface area contributed by atoms with Crippen LogP contribution < -0.4 is 10.9 Å². The van der Waals surface area contributed by atoms with Gasteiger partial charge in [-0.1, -0.05) is 13.8 Å². The molecule has 1 rings (SSSR count). The second-order valence-electron chi connectivity index (χ2n) is 4.37. The van der Waals surface area contributed by atoms with Gasteiger partial charge in [0.1, 0.15) is 0 Å². The third-order valence-corrected chi connectivity index (χ3v) is 2.71. The molecule has 0 aliphatic heterocycles. The van der Waals surface area contributed by atoms with Crippen LogP contribution in [0.4, 0.5) is 0 Å². The highest BCUT2D eigenvalue weighted by atomic mass is 16.2. The van der Waals surface area contributed by atoms with Crippen LogP contribution in [-0.4, -0.2) is 16.5 Å². The maximum absolute atomic E-state index is 11.8. The van der Waals surface area contributed by atoms with E-state index in [9.17, 15) is 9.59 Å². The van der Waals surface area contributed by atoms with E-state index in [0.29, 0.717) is 11.5 Å². The Morgan fingerprint density at radius 2 is 1.94 bits per heavy atom. The summed E-state index contributed by atoms with van der Waals surface area (Å²) >= 11 is 0. The lowest BCUT2D eigenvalue weighted by atomic mass is 10.1. The number of carbonyl (C=O) groups excluding carboxylic acids is 1. The molecule has 1 atom stereocenters. The Kier molecular flexibility index (Phi) is 3.88. The molecule has 1 amide bonds. The summed E-state index contributed by atoms with van der Waals surface area (Å²) in [5.41, 5.74) is 0.392. The van der Waals surface area contributed by atoms with Crippen molar-refractivity contribution in [3.8, 4) is 0 Å². The van der Waals surface area contributed by atoms with Crippen LogP contribution in [0.5, 0.6) is 0 Å². The zero-order valence-corrected chi connectivity index (χ0v) is 10.2. The van der Waals surface area contributed by atoms with Crippen LogP contribution in [0.2, 0.25) is 0 Å². The van der Waals surface area contributed by atoms with Crippen LogP contribution in [0.15, 0.2) is 23.1 Å². The molecule has 1 aromatic heterocycles. The van der Waals surface area contributed by atoms with Crippen molar-refractivity contribution in [2.24, 2.45) is 13.0 Å². The molecule has 88 valence electrons. The van der Waals surface area contributed by atoms with E-state index < -0.39 is 0 Å². The van der Waals surface area contributed by atoms with Crippen molar-refractivity contribution in [1.82, 2.24) is 9.88 Å². The van der Waals surface area contributed by atoms with Crippen molar-refractivity contribution < 1.29 is 4.79 Å². The third kappa shape index (κ3) is 2.95. The standard InChI is InChI=1S/C12H18N2O2/c1-8(2)9(3)13-12(16)10-5-6-11(15)14(4)7-10/h5-9H,1-4H3,(H,13,16)/t9-/m1/s1. The normalized spacial score (nSPS) is 12.6. The van der Waals surface area contributed by atoms with Gasteiger partial charge < -0.3 is 9.88 Å². The van der Waals surface area contributed by atoms with Crippen LogP contribution in [0.25, 0.3) is 0 Å². The molecule has 0 aliphatic carbocycles. The molecule has 1 heterocycles. The first kappa shape index (κ1) is 12.5. The summed E-state index contributed by atoms with van der Waals surface area (Å²) in [7, 11) is 1.63. The number of carbonyl (C=O) groups is 1. The molecule has 0 aromatic carbocycles. The summed E-state index contributed by atoms with van der Waals surface area (Å²) in [4.78, 5) is 23.0. The van der Waals surface area contributed by atoms with E-state index in [-0.39, 0.29) is 17.5 Å². The molecule has 0 unspecified atom stereocenters. The van der Waals surface area contributed by atoms with Gasteiger partial charge in [-0.3, -0.25) is 9.59 Å². The van der Waals surface area contributed by atoms with Crippen LogP contribution >= 0.6 is 0 Å². The van der Waals surface area contributed by atoms with Gasteiger partial charge in [0, 0.05) is 25.4 Å². The maximum atomic E-state index is 11.8. The number of pyridine rings is 1. The third-order valence-electron chi connectivity index (χ3n) is 2.71. The Hall–Kier alpha value is -1.58. The number of nitrogens with zero attached hydrogens (tertiary/aromatic N) is 1. The predicted octanol–water partition coefficient (Wildman–Crippen LogP) is 1.16. The number of aryl methyl sites for hydroxylation is 1. The molecule has 4 heteroatoms. The van der Waals surface area contributed by atoms with E-state index >= 15 is 0 Å². The Bertz CT molecular complexity index is 435. The van der Waals surface area contributed by atoms with Gasteiger partial charge in [-0.15, -0.1) is 0 Å². The fraction of sp³-hybridized carbons (Fsp3) is 0.500. The van der Waals surface area contributed by atoms with E-state index in [1.165, 1.54) is 10.6 Å². The van der Waals surface area contributed by atoms with Crippen molar-refractivity contribution >= 4 is 5.91 Å². The molecule has 0 bridgehead atoms. The minimum atomic E-state index is -0.142. The SMILES string of the molecule is CC(C)[C@@H](C)NC(=O)c1ccc(=O)n(C)c1. The van der Waals surface area contributed by atoms with Crippen LogP contribution in [-0.2, 0) is 7.05 Å². The van der Waals surface area contributed by atoms with Gasteiger partial charge in [-0.2, -0.15) is 0 Å². The summed E-state index contributed by atoms with van der Waals surface area (Å²) < 4.78 is 1.40. The quantitative estimate of drug-likeness (QED) is 0.834. The van der Waals surface area contributed by atoms with Gasteiger partial charge in [-0.05, 0) is 18.9 Å². The Balaban J connectivity index is 2.81. The molecule has 0 aliphatic rings. The Morgan fingerprint density at radius 1 is 1.31 bits per heavy atom. The van der Waals surface area contributed by atoms with Gasteiger partial charge in [0.2, 0.25) is 5.56 Å². The second-order valence-corrected chi connectivity index (χ2v) is 4.37. The Morgan fingerprint density at radius 3 is 2.44 bits per heavy atom. The number of hydrogen-bond donors (Lipinski definition) is 1. The zero-order chi connectivity index (χ0) is 12.3. The van der Waals surface area contributed by atoms with Gasteiger partial charge >= 0.3 is 0 Å². The zero-order valence-electron chi connectivity index (χ0n) is 10.2. The van der Waals surface area contributed by atoms with Crippen molar-refractivity contribution in [3.05, 3.63) is 34.2 Å². The average Bonchev–Trinajstić information content (AvgIpc) is 2.21. The summed E-state index contributed by atoms with van der Waals surface area (Å²) in [5.74, 6) is 0.244. The first-order chi connectivity index (χ1) is 7.41. The Labute approximate surface area is 95.3 Å². The van der Waals surface area contributed by atoms with E-state index in [2.05, 4.69) is 5.32 Å². The lowest BCUT2D eigenvalue weighted by Gasteiger charge is -2.17. The first-order valence-electron chi connectivity index (χ1n) is 5.39. The van der Waals surface area contributed by atoms with E-state index in [0.717, 1.165) is 0 Å². The molecule has 0 fully saturated rings. The number of nitrogens with one attached hydrogen (secondary N) is 1. The second kappa shape index (κ2) is 4.96. The summed E-state index contributed by atoms with van der Waals surface area (Å²) in [6, 6.07) is 3.06. The van der Waals surface area contributed by atoms with Crippen LogP contribution in [0, 0.1) is 5.92 Å². The summed E-state index contributed by atoms with van der Waals surface area (Å²) in [6.07, 6.45) is 1.55. The van der Waals surface area contributed by atoms with E-state index in [1.54, 1.807) is 19.3 Å². The highest BCUT2D eigenvalue weighted by molar-refractivity contribution is 5.94. The van der Waals surface area contributed by atoms with Crippen LogP contribution in [0.1, 0.15) is 31.1 Å². The van der Waals surface area contributed by atoms with Gasteiger partial charge in [0.05, 0.1) is 5.56 Å². The van der Waals surface area contributed by atoms with Gasteiger partial charge in [0.25, 0.3) is 5.91 Å². The summed E-state index contributed by atoms with van der Waals surface area (Å²) in [5, 5.41) is 2.89. The molecule has 0 saturated heterocycles. The highest BCUT2D eigenvalue weighted by Gasteiger charge is 2.12.